The van der Waals surface area contributed by atoms with Crippen molar-refractivity contribution in [2.75, 3.05) is 12.0 Å². The summed E-state index contributed by atoms with van der Waals surface area (Å²) in [5, 5.41) is 0. The Bertz CT molecular complexity index is 1070. The van der Waals surface area contributed by atoms with Crippen molar-refractivity contribution in [3.8, 4) is 0 Å². The fourth-order valence-corrected chi connectivity index (χ4v) is 4.38. The largest absolute Gasteiger partial charge is 0.466 e. The van der Waals surface area contributed by atoms with Crippen LogP contribution in [0.15, 0.2) is 90.0 Å². The molecule has 1 fully saturated rings. The lowest BCUT2D eigenvalue weighted by Crippen LogP contribution is -2.62. The fraction of sp³-hybridized carbons (Fsp3) is 0.259. The van der Waals surface area contributed by atoms with Crippen LogP contribution >= 0.6 is 0 Å². The maximum atomic E-state index is 13.4. The number of methoxy groups -OCH3 is 1. The molecule has 1 saturated heterocycles. The van der Waals surface area contributed by atoms with Gasteiger partial charge in [0.2, 0.25) is 5.91 Å². The maximum absolute atomic E-state index is 13.4. The summed E-state index contributed by atoms with van der Waals surface area (Å²) in [5.41, 5.74) is 3.87. The first-order valence-corrected chi connectivity index (χ1v) is 10.9. The number of anilines is 1. The predicted octanol–water partition coefficient (Wildman–Crippen LogP) is 5.17. The number of nitrogens with zero attached hydrogens (tertiary/aromatic N) is 1. The van der Waals surface area contributed by atoms with E-state index in [1.807, 2.05) is 30.4 Å². The molecule has 2 aromatic carbocycles. The number of β-lactam (4-membered cyclic amide) rings is 1. The van der Waals surface area contributed by atoms with Crippen molar-refractivity contribution < 1.29 is 18.7 Å². The topological polar surface area (TPSA) is 46.6 Å². The van der Waals surface area contributed by atoms with Gasteiger partial charge in [-0.2, -0.15) is 0 Å². The molecule has 0 aromatic heterocycles. The van der Waals surface area contributed by atoms with Crippen LogP contribution in [0.1, 0.15) is 24.8 Å². The molecule has 0 spiro atoms. The van der Waals surface area contributed by atoms with Gasteiger partial charge in [-0.15, -0.1) is 0 Å². The van der Waals surface area contributed by atoms with Crippen molar-refractivity contribution in [2.24, 2.45) is 5.92 Å². The van der Waals surface area contributed by atoms with Crippen LogP contribution in [-0.4, -0.2) is 25.0 Å². The number of hydrogen-bond acceptors (Lipinski definition) is 3. The number of amides is 1. The van der Waals surface area contributed by atoms with Crippen LogP contribution in [0.2, 0.25) is 0 Å². The van der Waals surface area contributed by atoms with E-state index in [0.29, 0.717) is 12.1 Å². The molecule has 2 atom stereocenters. The van der Waals surface area contributed by atoms with Crippen molar-refractivity contribution in [3.05, 3.63) is 101 Å². The molecule has 0 unspecified atom stereocenters. The Morgan fingerprint density at radius 1 is 1.12 bits per heavy atom. The molecule has 1 heterocycles. The van der Waals surface area contributed by atoms with Gasteiger partial charge in [-0.1, -0.05) is 48.6 Å². The third kappa shape index (κ3) is 4.72. The summed E-state index contributed by atoms with van der Waals surface area (Å²) in [4.78, 5) is 26.4. The van der Waals surface area contributed by atoms with E-state index in [2.05, 4.69) is 18.2 Å². The SMILES string of the molecule is COC(=O)/C=C1\C=CC([C@@H]2[C@@H](CCCc3ccccc3)C(=O)N2c2ccc(F)cc2)=CC1. The monoisotopic (exact) mass is 431 g/mol. The number of aryl methyl sites for hydroxylation is 1. The second kappa shape index (κ2) is 9.77. The van der Waals surface area contributed by atoms with Crippen LogP contribution in [0.3, 0.4) is 0 Å². The molecule has 164 valence electrons. The number of carbonyl (C=O) groups is 2. The Kier molecular flexibility index (Phi) is 6.64. The van der Waals surface area contributed by atoms with E-state index in [0.717, 1.165) is 30.4 Å². The minimum absolute atomic E-state index is 0.0693. The molecule has 2 aromatic rings. The third-order valence-corrected chi connectivity index (χ3v) is 6.05. The van der Waals surface area contributed by atoms with Gasteiger partial charge in [-0.25, -0.2) is 9.18 Å². The first-order chi connectivity index (χ1) is 15.6. The number of allylic oxidation sites excluding steroid dienone is 3. The number of ether oxygens (including phenoxy) is 1. The molecule has 1 aliphatic carbocycles. The fourth-order valence-electron chi connectivity index (χ4n) is 4.38. The van der Waals surface area contributed by atoms with E-state index in [1.54, 1.807) is 17.0 Å². The van der Waals surface area contributed by atoms with Gasteiger partial charge < -0.3 is 9.64 Å². The van der Waals surface area contributed by atoms with E-state index >= 15 is 0 Å². The molecule has 32 heavy (non-hydrogen) atoms. The molecule has 0 radical (unpaired) electrons. The van der Waals surface area contributed by atoms with Crippen molar-refractivity contribution in [1.29, 1.82) is 0 Å². The molecule has 0 N–H and O–H groups in total. The van der Waals surface area contributed by atoms with Gasteiger partial charge >= 0.3 is 5.97 Å². The van der Waals surface area contributed by atoms with Gasteiger partial charge in [0.1, 0.15) is 5.82 Å². The van der Waals surface area contributed by atoms with E-state index in [4.69, 9.17) is 4.74 Å². The van der Waals surface area contributed by atoms with Crippen molar-refractivity contribution in [1.82, 2.24) is 0 Å². The van der Waals surface area contributed by atoms with Crippen LogP contribution in [-0.2, 0) is 20.7 Å². The van der Waals surface area contributed by atoms with Crippen molar-refractivity contribution in [2.45, 2.75) is 31.7 Å². The van der Waals surface area contributed by atoms with Crippen molar-refractivity contribution in [3.63, 3.8) is 0 Å². The number of carbonyl (C=O) groups excluding carboxylic acids is 2. The molecule has 0 saturated carbocycles. The summed E-state index contributed by atoms with van der Waals surface area (Å²) < 4.78 is 18.1. The number of benzene rings is 2. The minimum Gasteiger partial charge on any atom is -0.466 e. The van der Waals surface area contributed by atoms with Gasteiger partial charge in [-0.3, -0.25) is 4.79 Å². The molecule has 2 aliphatic rings. The average Bonchev–Trinajstić information content (AvgIpc) is 2.82. The molecule has 4 rings (SSSR count). The Morgan fingerprint density at radius 2 is 1.88 bits per heavy atom. The highest BCUT2D eigenvalue weighted by atomic mass is 19.1. The molecule has 1 amide bonds. The van der Waals surface area contributed by atoms with E-state index in [-0.39, 0.29) is 29.7 Å². The maximum Gasteiger partial charge on any atom is 0.330 e. The van der Waals surface area contributed by atoms with Gasteiger partial charge in [0.15, 0.2) is 0 Å². The normalized spacial score (nSPS) is 21.3. The van der Waals surface area contributed by atoms with Gasteiger partial charge in [0.05, 0.1) is 19.1 Å². The zero-order valence-corrected chi connectivity index (χ0v) is 18.0. The smallest absolute Gasteiger partial charge is 0.330 e. The Balaban J connectivity index is 1.51. The van der Waals surface area contributed by atoms with Gasteiger partial charge in [0, 0.05) is 11.8 Å². The number of halogens is 1. The first-order valence-electron chi connectivity index (χ1n) is 10.9. The summed E-state index contributed by atoms with van der Waals surface area (Å²) in [6, 6.07) is 16.2. The summed E-state index contributed by atoms with van der Waals surface area (Å²) in [7, 11) is 1.35. The lowest BCUT2D eigenvalue weighted by atomic mass is 9.76. The summed E-state index contributed by atoms with van der Waals surface area (Å²) in [6.45, 7) is 0. The van der Waals surface area contributed by atoms with Crippen LogP contribution in [0, 0.1) is 11.7 Å². The molecule has 0 bridgehead atoms. The standard InChI is InChI=1S/C27H26FNO3/c1-32-25(30)18-20-10-12-21(13-11-20)26-24(9-5-8-19-6-3-2-4-7-19)27(31)29(26)23-16-14-22(28)15-17-23/h2-4,6-7,10,12-18,24,26H,5,8-9,11H2,1H3/b20-18+/t24-,26-/m1/s1. The third-order valence-electron chi connectivity index (χ3n) is 6.05. The summed E-state index contributed by atoms with van der Waals surface area (Å²) in [5.74, 6) is -0.759. The first kappa shape index (κ1) is 21.8. The molecular weight excluding hydrogens is 405 g/mol. The minimum atomic E-state index is -0.382. The number of esters is 1. The lowest BCUT2D eigenvalue weighted by molar-refractivity contribution is -0.135. The highest BCUT2D eigenvalue weighted by molar-refractivity contribution is 6.04. The summed E-state index contributed by atoms with van der Waals surface area (Å²) in [6.07, 6.45) is 10.6. The predicted molar refractivity (Wildman–Crippen MR) is 122 cm³/mol. The van der Waals surface area contributed by atoms with E-state index in [1.165, 1.54) is 30.9 Å². The van der Waals surface area contributed by atoms with Gasteiger partial charge in [-0.05, 0) is 66.7 Å². The number of hydrogen-bond donors (Lipinski definition) is 0. The molecule has 4 nitrogen and oxygen atoms in total. The Morgan fingerprint density at radius 3 is 2.53 bits per heavy atom. The van der Waals surface area contributed by atoms with Crippen molar-refractivity contribution >= 4 is 17.6 Å². The lowest BCUT2D eigenvalue weighted by Gasteiger charge is -2.48. The Hall–Kier alpha value is -3.47. The van der Waals surface area contributed by atoms with Gasteiger partial charge in [0.25, 0.3) is 0 Å². The quantitative estimate of drug-likeness (QED) is 0.345. The Labute approximate surface area is 187 Å². The highest BCUT2D eigenvalue weighted by Crippen LogP contribution is 2.41. The number of rotatable bonds is 7. The molecule has 5 heteroatoms. The highest BCUT2D eigenvalue weighted by Gasteiger charge is 2.48. The van der Waals surface area contributed by atoms with Crippen LogP contribution < -0.4 is 4.90 Å². The zero-order valence-electron chi connectivity index (χ0n) is 18.0. The second-order valence-electron chi connectivity index (χ2n) is 8.10. The summed E-state index contributed by atoms with van der Waals surface area (Å²) >= 11 is 0. The average molecular weight is 432 g/mol. The van der Waals surface area contributed by atoms with Crippen LogP contribution in [0.5, 0.6) is 0 Å². The van der Waals surface area contributed by atoms with E-state index in [9.17, 15) is 14.0 Å². The molecule has 1 aliphatic heterocycles. The second-order valence-corrected chi connectivity index (χ2v) is 8.10. The zero-order chi connectivity index (χ0) is 22.5. The van der Waals surface area contributed by atoms with Crippen LogP contribution in [0.4, 0.5) is 10.1 Å². The molecular formula is C27H26FNO3. The van der Waals surface area contributed by atoms with Crippen LogP contribution in [0.25, 0.3) is 0 Å². The van der Waals surface area contributed by atoms with E-state index < -0.39 is 0 Å².